The molecule has 0 bridgehead atoms. The zero-order valence-corrected chi connectivity index (χ0v) is 17.1. The van der Waals surface area contributed by atoms with E-state index in [-0.39, 0.29) is 32.7 Å². The molecule has 2 aliphatic rings. The molecular formula is C23H40N2O3S. The van der Waals surface area contributed by atoms with Crippen LogP contribution in [0.15, 0.2) is 29.2 Å². The van der Waals surface area contributed by atoms with Gasteiger partial charge in [0.2, 0.25) is 15.9 Å². The lowest BCUT2D eigenvalue weighted by atomic mass is 9.90. The molecule has 3 rings (SSSR count). The second kappa shape index (κ2) is 11.7. The Kier molecular flexibility index (Phi) is 10.3. The Hall–Kier alpha value is -1.40. The highest BCUT2D eigenvalue weighted by molar-refractivity contribution is 7.89. The molecule has 6 heteroatoms. The number of nitrogens with one attached hydrogen (secondary N) is 1. The Labute approximate surface area is 178 Å². The second-order valence-electron chi connectivity index (χ2n) is 8.01. The summed E-state index contributed by atoms with van der Waals surface area (Å²) in [6, 6.07) is 6.86. The Balaban J connectivity index is 0.00000210. The molecule has 5 nitrogen and oxygen atoms in total. The van der Waals surface area contributed by atoms with Crippen molar-refractivity contribution in [3.8, 4) is 0 Å². The van der Waals surface area contributed by atoms with Gasteiger partial charge in [-0.15, -0.1) is 0 Å². The van der Waals surface area contributed by atoms with Crippen LogP contribution in [0.3, 0.4) is 0 Å². The third-order valence-corrected chi connectivity index (χ3v) is 7.90. The van der Waals surface area contributed by atoms with Crippen LogP contribution < -0.4 is 5.32 Å². The zero-order valence-electron chi connectivity index (χ0n) is 16.3. The van der Waals surface area contributed by atoms with E-state index in [4.69, 9.17) is 0 Å². The monoisotopic (exact) mass is 424 g/mol. The first-order chi connectivity index (χ1) is 13.0. The van der Waals surface area contributed by atoms with Crippen LogP contribution in [0.1, 0.15) is 78.2 Å². The van der Waals surface area contributed by atoms with E-state index in [1.54, 1.807) is 16.4 Å². The van der Waals surface area contributed by atoms with Gasteiger partial charge >= 0.3 is 0 Å². The number of hydrogen-bond donors (Lipinski definition) is 1. The average Bonchev–Trinajstić information content (AvgIpc) is 3.09. The number of carbonyl (C=O) groups is 1. The van der Waals surface area contributed by atoms with Gasteiger partial charge in [0.15, 0.2) is 0 Å². The quantitative estimate of drug-likeness (QED) is 0.731. The summed E-state index contributed by atoms with van der Waals surface area (Å²) in [7, 11) is -3.51. The van der Waals surface area contributed by atoms with Crippen molar-refractivity contribution in [1.29, 1.82) is 0 Å². The van der Waals surface area contributed by atoms with Gasteiger partial charge < -0.3 is 5.32 Å². The van der Waals surface area contributed by atoms with E-state index in [1.807, 2.05) is 19.1 Å². The van der Waals surface area contributed by atoms with Gasteiger partial charge in [0, 0.05) is 25.0 Å². The van der Waals surface area contributed by atoms with Crippen molar-refractivity contribution in [2.75, 3.05) is 13.1 Å². The van der Waals surface area contributed by atoms with E-state index in [1.165, 1.54) is 19.3 Å². The molecule has 1 amide bonds. The Morgan fingerprint density at radius 1 is 0.966 bits per heavy atom. The molecule has 1 saturated heterocycles. The van der Waals surface area contributed by atoms with Gasteiger partial charge in [0.05, 0.1) is 4.90 Å². The standard InChI is InChI=1S/C21H32N2O3S.2CH4/c1-17-11-13-20(14-12-17)27(25,26)23-15-7-10-19(23)16-22-21(24)18-8-5-3-2-4-6-9-18;;/h11-14,18-19H,2-10,15-16H2,1H3,(H,22,24);2*1H4. The number of amides is 1. The molecule has 1 aliphatic heterocycles. The summed E-state index contributed by atoms with van der Waals surface area (Å²) in [4.78, 5) is 12.9. The molecule has 1 saturated carbocycles. The van der Waals surface area contributed by atoms with Gasteiger partial charge in [-0.3, -0.25) is 4.79 Å². The van der Waals surface area contributed by atoms with Crippen LogP contribution in [0.2, 0.25) is 0 Å². The SMILES string of the molecule is C.C.Cc1ccc(S(=O)(=O)N2CCCC2CNC(=O)C2CCCCCCC2)cc1. The minimum Gasteiger partial charge on any atom is -0.354 e. The fourth-order valence-electron chi connectivity index (χ4n) is 4.26. The third-order valence-electron chi connectivity index (χ3n) is 5.94. The summed E-state index contributed by atoms with van der Waals surface area (Å²) in [5, 5.41) is 3.06. The predicted octanol–water partition coefficient (Wildman–Crippen LogP) is 4.90. The summed E-state index contributed by atoms with van der Waals surface area (Å²) >= 11 is 0. The van der Waals surface area contributed by atoms with Crippen LogP contribution in [0.25, 0.3) is 0 Å². The molecule has 0 radical (unpaired) electrons. The predicted molar refractivity (Wildman–Crippen MR) is 120 cm³/mol. The van der Waals surface area contributed by atoms with E-state index in [9.17, 15) is 13.2 Å². The molecule has 166 valence electrons. The van der Waals surface area contributed by atoms with Crippen LogP contribution in [-0.4, -0.2) is 37.8 Å². The van der Waals surface area contributed by atoms with Crippen LogP contribution in [-0.2, 0) is 14.8 Å². The number of benzene rings is 1. The fraction of sp³-hybridized carbons (Fsp3) is 0.696. The van der Waals surface area contributed by atoms with Crippen LogP contribution in [0, 0.1) is 12.8 Å². The van der Waals surface area contributed by atoms with Crippen LogP contribution in [0.5, 0.6) is 0 Å². The van der Waals surface area contributed by atoms with E-state index in [0.29, 0.717) is 18.0 Å². The number of sulfonamides is 1. The number of rotatable bonds is 5. The van der Waals surface area contributed by atoms with Gasteiger partial charge in [0.25, 0.3) is 0 Å². The fourth-order valence-corrected chi connectivity index (χ4v) is 5.95. The molecule has 1 aromatic carbocycles. The van der Waals surface area contributed by atoms with Gasteiger partial charge in [-0.1, -0.05) is 64.7 Å². The van der Waals surface area contributed by atoms with Gasteiger partial charge in [-0.2, -0.15) is 4.31 Å². The van der Waals surface area contributed by atoms with E-state index in [0.717, 1.165) is 44.1 Å². The van der Waals surface area contributed by atoms with Gasteiger partial charge in [-0.25, -0.2) is 8.42 Å². The molecule has 1 atom stereocenters. The molecule has 0 aromatic heterocycles. The average molecular weight is 425 g/mol. The molecule has 0 spiro atoms. The largest absolute Gasteiger partial charge is 0.354 e. The minimum absolute atomic E-state index is 0. The molecular weight excluding hydrogens is 384 g/mol. The lowest BCUT2D eigenvalue weighted by Crippen LogP contribution is -2.44. The lowest BCUT2D eigenvalue weighted by Gasteiger charge is -2.26. The maximum atomic E-state index is 13.0. The molecule has 1 aromatic rings. The van der Waals surface area contributed by atoms with Crippen molar-refractivity contribution in [2.24, 2.45) is 5.92 Å². The van der Waals surface area contributed by atoms with E-state index >= 15 is 0 Å². The smallest absolute Gasteiger partial charge is 0.243 e. The van der Waals surface area contributed by atoms with Crippen molar-refractivity contribution in [1.82, 2.24) is 9.62 Å². The van der Waals surface area contributed by atoms with Crippen LogP contribution >= 0.6 is 0 Å². The topological polar surface area (TPSA) is 66.5 Å². The first-order valence-corrected chi connectivity index (χ1v) is 11.8. The molecule has 2 fully saturated rings. The Bertz CT molecular complexity index is 723. The van der Waals surface area contributed by atoms with Gasteiger partial charge in [-0.05, 0) is 44.7 Å². The minimum atomic E-state index is -3.51. The summed E-state index contributed by atoms with van der Waals surface area (Å²) < 4.78 is 27.6. The Morgan fingerprint density at radius 3 is 2.17 bits per heavy atom. The van der Waals surface area contributed by atoms with Crippen molar-refractivity contribution in [2.45, 2.75) is 90.5 Å². The highest BCUT2D eigenvalue weighted by Gasteiger charge is 2.35. The van der Waals surface area contributed by atoms with E-state index in [2.05, 4.69) is 5.32 Å². The lowest BCUT2D eigenvalue weighted by molar-refractivity contribution is -0.125. The van der Waals surface area contributed by atoms with Crippen molar-refractivity contribution in [3.63, 3.8) is 0 Å². The van der Waals surface area contributed by atoms with Crippen molar-refractivity contribution >= 4 is 15.9 Å². The maximum Gasteiger partial charge on any atom is 0.243 e. The zero-order chi connectivity index (χ0) is 19.3. The third kappa shape index (κ3) is 6.54. The molecule has 29 heavy (non-hydrogen) atoms. The highest BCUT2D eigenvalue weighted by Crippen LogP contribution is 2.27. The van der Waals surface area contributed by atoms with Gasteiger partial charge in [0.1, 0.15) is 0 Å². The van der Waals surface area contributed by atoms with E-state index < -0.39 is 10.0 Å². The maximum absolute atomic E-state index is 13.0. The first kappa shape index (κ1) is 25.6. The van der Waals surface area contributed by atoms with Crippen LogP contribution in [0.4, 0.5) is 0 Å². The highest BCUT2D eigenvalue weighted by atomic mass is 32.2. The summed E-state index contributed by atoms with van der Waals surface area (Å²) in [6.45, 7) is 2.89. The number of nitrogens with zero attached hydrogens (tertiary/aromatic N) is 1. The summed E-state index contributed by atoms with van der Waals surface area (Å²) in [6.07, 6.45) is 9.52. The summed E-state index contributed by atoms with van der Waals surface area (Å²) in [5.74, 6) is 0.199. The molecule has 1 N–H and O–H groups in total. The second-order valence-corrected chi connectivity index (χ2v) is 9.90. The molecule has 1 aliphatic carbocycles. The summed E-state index contributed by atoms with van der Waals surface area (Å²) in [5.41, 5.74) is 1.04. The first-order valence-electron chi connectivity index (χ1n) is 10.3. The molecule has 1 unspecified atom stereocenters. The van der Waals surface area contributed by atoms with Crippen molar-refractivity contribution in [3.05, 3.63) is 29.8 Å². The van der Waals surface area contributed by atoms with Crippen molar-refractivity contribution < 1.29 is 13.2 Å². The molecule has 1 heterocycles. The number of hydrogen-bond acceptors (Lipinski definition) is 3. The normalized spacial score (nSPS) is 21.3. The number of carbonyl (C=O) groups excluding carboxylic acids is 1. The Morgan fingerprint density at radius 2 is 1.55 bits per heavy atom. The number of aryl methyl sites for hydroxylation is 1.